The first-order valence-electron chi connectivity index (χ1n) is 7.18. The third-order valence-corrected chi connectivity index (χ3v) is 4.03. The zero-order valence-electron chi connectivity index (χ0n) is 13.3. The second-order valence-electron chi connectivity index (χ2n) is 5.80. The minimum Gasteiger partial charge on any atom is -0.365 e. The first-order valence-corrected chi connectivity index (χ1v) is 7.18. The zero-order valence-corrected chi connectivity index (χ0v) is 13.3. The van der Waals surface area contributed by atoms with Gasteiger partial charge in [0, 0.05) is 24.4 Å². The Morgan fingerprint density at radius 1 is 1.27 bits per heavy atom. The minimum atomic E-state index is 0.0206. The van der Waals surface area contributed by atoms with Gasteiger partial charge in [0.1, 0.15) is 17.7 Å². The molecule has 0 radical (unpaired) electrons. The van der Waals surface area contributed by atoms with Gasteiger partial charge < -0.3 is 9.80 Å². The quantitative estimate of drug-likeness (QED) is 0.804. The summed E-state index contributed by atoms with van der Waals surface area (Å²) < 4.78 is 0. The normalized spacial score (nSPS) is 17.5. The second-order valence-corrected chi connectivity index (χ2v) is 5.80. The van der Waals surface area contributed by atoms with Gasteiger partial charge in [-0.1, -0.05) is 36.4 Å². The summed E-state index contributed by atoms with van der Waals surface area (Å²) in [6.45, 7) is 7.65. The molecule has 0 bridgehead atoms. The maximum atomic E-state index is 9.20. The van der Waals surface area contributed by atoms with Crippen molar-refractivity contribution in [3.8, 4) is 12.1 Å². The van der Waals surface area contributed by atoms with E-state index in [0.717, 1.165) is 24.4 Å². The zero-order chi connectivity index (χ0) is 16.3. The molecule has 0 aliphatic carbocycles. The number of likely N-dealkylation sites (tertiary alicyclic amines) is 1. The van der Waals surface area contributed by atoms with Crippen molar-refractivity contribution in [3.05, 3.63) is 58.8 Å². The highest BCUT2D eigenvalue weighted by atomic mass is 15.2. The van der Waals surface area contributed by atoms with E-state index in [2.05, 4.69) is 42.7 Å². The average molecular weight is 292 g/mol. The van der Waals surface area contributed by atoms with Crippen molar-refractivity contribution in [3.63, 3.8) is 0 Å². The van der Waals surface area contributed by atoms with Crippen LogP contribution in [0.1, 0.15) is 11.1 Å². The lowest BCUT2D eigenvalue weighted by molar-refractivity contribution is 0.284. The Balaban J connectivity index is 2.31. The van der Waals surface area contributed by atoms with Crippen LogP contribution < -0.4 is 0 Å². The molecule has 22 heavy (non-hydrogen) atoms. The number of allylic oxidation sites excluding steroid dienone is 1. The summed E-state index contributed by atoms with van der Waals surface area (Å²) in [6.07, 6.45) is 0. The van der Waals surface area contributed by atoms with Crippen LogP contribution in [0.5, 0.6) is 0 Å². The van der Waals surface area contributed by atoms with E-state index in [-0.39, 0.29) is 11.6 Å². The maximum absolute atomic E-state index is 9.20. The average Bonchev–Trinajstić information content (AvgIpc) is 2.81. The van der Waals surface area contributed by atoms with Crippen molar-refractivity contribution in [2.24, 2.45) is 0 Å². The molecule has 1 aliphatic rings. The van der Waals surface area contributed by atoms with E-state index in [1.807, 2.05) is 31.1 Å². The van der Waals surface area contributed by atoms with Crippen molar-refractivity contribution in [1.82, 2.24) is 9.80 Å². The summed E-state index contributed by atoms with van der Waals surface area (Å²) in [5.41, 5.74) is 4.11. The molecule has 1 saturated heterocycles. The molecular formula is C18H20N4. The van der Waals surface area contributed by atoms with Crippen LogP contribution in [0.15, 0.2) is 47.7 Å². The molecule has 0 N–H and O–H groups in total. The lowest BCUT2D eigenvalue weighted by atomic mass is 10.0. The van der Waals surface area contributed by atoms with E-state index < -0.39 is 0 Å². The molecule has 0 saturated carbocycles. The third kappa shape index (κ3) is 3.03. The lowest BCUT2D eigenvalue weighted by Crippen LogP contribution is -2.32. The largest absolute Gasteiger partial charge is 0.365 e. The molecule has 0 aromatic heterocycles. The Hall–Kier alpha value is -2.56. The Kier molecular flexibility index (Phi) is 4.65. The number of likely N-dealkylation sites (N-methyl/N-ethyl adjacent to an activating group) is 1. The van der Waals surface area contributed by atoms with Crippen LogP contribution in [0.25, 0.3) is 0 Å². The van der Waals surface area contributed by atoms with E-state index in [0.29, 0.717) is 0 Å². The molecule has 1 aromatic rings. The molecular weight excluding hydrogens is 272 g/mol. The molecule has 1 atom stereocenters. The molecule has 2 rings (SSSR count). The van der Waals surface area contributed by atoms with E-state index in [4.69, 9.17) is 0 Å². The molecule has 1 unspecified atom stereocenters. The van der Waals surface area contributed by atoms with Gasteiger partial charge in [0.2, 0.25) is 0 Å². The second kappa shape index (κ2) is 6.47. The Morgan fingerprint density at radius 2 is 1.86 bits per heavy atom. The number of aryl methyl sites for hydroxylation is 1. The van der Waals surface area contributed by atoms with E-state index in [9.17, 15) is 10.5 Å². The lowest BCUT2D eigenvalue weighted by Gasteiger charge is -2.21. The number of hydrogen-bond acceptors (Lipinski definition) is 4. The summed E-state index contributed by atoms with van der Waals surface area (Å²) in [7, 11) is 3.92. The van der Waals surface area contributed by atoms with Crippen LogP contribution in [0, 0.1) is 29.6 Å². The first-order chi connectivity index (χ1) is 10.5. The number of benzene rings is 1. The monoisotopic (exact) mass is 292 g/mol. The Labute approximate surface area is 132 Å². The first kappa shape index (κ1) is 15.8. The molecule has 1 heterocycles. The predicted octanol–water partition coefficient (Wildman–Crippen LogP) is 2.60. The SMILES string of the molecule is C=C1C(=C(C#N)C#N)C(N(C)C)CN1Cc1ccc(C)cc1. The smallest absolute Gasteiger partial charge is 0.136 e. The summed E-state index contributed by atoms with van der Waals surface area (Å²) in [4.78, 5) is 4.17. The van der Waals surface area contributed by atoms with Gasteiger partial charge in [-0.25, -0.2) is 0 Å². The molecule has 1 fully saturated rings. The summed E-state index contributed by atoms with van der Waals surface area (Å²) in [5, 5.41) is 18.4. The highest BCUT2D eigenvalue weighted by Crippen LogP contribution is 2.32. The van der Waals surface area contributed by atoms with E-state index in [1.165, 1.54) is 11.1 Å². The van der Waals surface area contributed by atoms with Crippen LogP contribution in [0.3, 0.4) is 0 Å². The number of rotatable bonds is 3. The van der Waals surface area contributed by atoms with Gasteiger partial charge in [-0.3, -0.25) is 0 Å². The number of nitriles is 2. The van der Waals surface area contributed by atoms with Crippen LogP contribution in [-0.4, -0.2) is 36.5 Å². The van der Waals surface area contributed by atoms with Crippen LogP contribution in [-0.2, 0) is 6.54 Å². The van der Waals surface area contributed by atoms with Gasteiger partial charge in [0.25, 0.3) is 0 Å². The fraction of sp³-hybridized carbons (Fsp3) is 0.333. The molecule has 4 heteroatoms. The molecule has 4 nitrogen and oxygen atoms in total. The van der Waals surface area contributed by atoms with Gasteiger partial charge in [0.15, 0.2) is 0 Å². The van der Waals surface area contributed by atoms with Crippen molar-refractivity contribution >= 4 is 0 Å². The van der Waals surface area contributed by atoms with Gasteiger partial charge >= 0.3 is 0 Å². The van der Waals surface area contributed by atoms with Gasteiger partial charge in [-0.2, -0.15) is 10.5 Å². The minimum absolute atomic E-state index is 0.0206. The molecule has 0 spiro atoms. The van der Waals surface area contributed by atoms with Crippen molar-refractivity contribution < 1.29 is 0 Å². The van der Waals surface area contributed by atoms with Gasteiger partial charge in [0.05, 0.1) is 6.04 Å². The van der Waals surface area contributed by atoms with Crippen molar-refractivity contribution in [1.29, 1.82) is 10.5 Å². The van der Waals surface area contributed by atoms with Crippen molar-refractivity contribution in [2.45, 2.75) is 19.5 Å². The predicted molar refractivity (Wildman–Crippen MR) is 86.5 cm³/mol. The van der Waals surface area contributed by atoms with Gasteiger partial charge in [-0.15, -0.1) is 0 Å². The highest BCUT2D eigenvalue weighted by molar-refractivity contribution is 5.52. The number of hydrogen-bond donors (Lipinski definition) is 0. The van der Waals surface area contributed by atoms with E-state index >= 15 is 0 Å². The van der Waals surface area contributed by atoms with Gasteiger partial charge in [-0.05, 0) is 26.6 Å². The molecule has 1 aromatic carbocycles. The highest BCUT2D eigenvalue weighted by Gasteiger charge is 2.34. The maximum Gasteiger partial charge on any atom is 0.136 e. The number of nitrogens with zero attached hydrogens (tertiary/aromatic N) is 4. The topological polar surface area (TPSA) is 54.1 Å². The molecule has 0 amide bonds. The van der Waals surface area contributed by atoms with Crippen LogP contribution in [0.2, 0.25) is 0 Å². The Bertz CT molecular complexity index is 667. The van der Waals surface area contributed by atoms with E-state index in [1.54, 1.807) is 0 Å². The standard InChI is InChI=1S/C18H20N4/c1-13-5-7-15(8-6-13)11-22-12-17(21(3)4)18(14(22)2)16(9-19)10-20/h5-8,17H,2,11-12H2,1,3-4H3. The van der Waals surface area contributed by atoms with Crippen LogP contribution >= 0.6 is 0 Å². The molecule has 1 aliphatic heterocycles. The third-order valence-electron chi connectivity index (χ3n) is 4.03. The Morgan fingerprint density at radius 3 is 2.36 bits per heavy atom. The summed E-state index contributed by atoms with van der Waals surface area (Å²) in [6, 6.07) is 12.4. The van der Waals surface area contributed by atoms with Crippen LogP contribution in [0.4, 0.5) is 0 Å². The fourth-order valence-corrected chi connectivity index (χ4v) is 2.72. The molecule has 112 valence electrons. The van der Waals surface area contributed by atoms with Crippen molar-refractivity contribution in [2.75, 3.05) is 20.6 Å². The fourth-order valence-electron chi connectivity index (χ4n) is 2.72. The summed E-state index contributed by atoms with van der Waals surface area (Å²) in [5.74, 6) is 0. The summed E-state index contributed by atoms with van der Waals surface area (Å²) >= 11 is 0.